The Hall–Kier alpha value is -3.64. The summed E-state index contributed by atoms with van der Waals surface area (Å²) in [7, 11) is 0. The summed E-state index contributed by atoms with van der Waals surface area (Å²) in [5.74, 6) is 1.52. The molecule has 0 N–H and O–H groups in total. The van der Waals surface area contributed by atoms with Gasteiger partial charge in [0, 0.05) is 0 Å². The second-order valence-corrected chi connectivity index (χ2v) is 14.9. The van der Waals surface area contributed by atoms with E-state index in [9.17, 15) is 0 Å². The molecule has 2 aliphatic carbocycles. The van der Waals surface area contributed by atoms with Gasteiger partial charge in [-0.15, -0.1) is 0 Å². The lowest BCUT2D eigenvalue weighted by Gasteiger charge is -2.22. The molecule has 1 atom stereocenters. The minimum atomic E-state index is 0. The van der Waals surface area contributed by atoms with Gasteiger partial charge in [0.25, 0.3) is 0 Å². The van der Waals surface area contributed by atoms with Crippen LogP contribution < -0.4 is 0 Å². The van der Waals surface area contributed by atoms with Crippen molar-refractivity contribution in [3.8, 4) is 0 Å². The van der Waals surface area contributed by atoms with Crippen molar-refractivity contribution in [1.82, 2.24) is 0 Å². The first-order chi connectivity index (χ1) is 26.9. The van der Waals surface area contributed by atoms with E-state index in [1.807, 2.05) is 41.5 Å². The van der Waals surface area contributed by atoms with Gasteiger partial charge in [-0.1, -0.05) is 267 Å². The van der Waals surface area contributed by atoms with Crippen molar-refractivity contribution >= 4 is 11.6 Å². The molecule has 0 saturated heterocycles. The molecule has 59 heavy (non-hydrogen) atoms. The summed E-state index contributed by atoms with van der Waals surface area (Å²) < 4.78 is 0. The maximum Gasteiger partial charge on any atom is -0.0191 e. The SMILES string of the molecule is C.C.C.CC.CC.CC.CC(C)C.CC1=C(/C=C/C(C)=C/C=C/C(C)=C/C=C/C=C(C)/C=C/C=C(C)/C=C/c2ccc(C(C)=C3CC3)cc2)C(C)CCC1.CCCCC. The second kappa shape index (κ2) is 45.4. The lowest BCUT2D eigenvalue weighted by atomic mass is 9.84. The zero-order valence-corrected chi connectivity index (χ0v) is 40.2. The quantitative estimate of drug-likeness (QED) is 0.174. The van der Waals surface area contributed by atoms with Crippen LogP contribution in [0.15, 0.2) is 142 Å². The molecule has 1 aromatic carbocycles. The Morgan fingerprint density at radius 3 is 1.36 bits per heavy atom. The van der Waals surface area contributed by atoms with E-state index in [4.69, 9.17) is 0 Å². The third-order valence-electron chi connectivity index (χ3n) is 8.62. The summed E-state index contributed by atoms with van der Waals surface area (Å²) in [6, 6.07) is 8.89. The molecule has 0 amide bonds. The van der Waals surface area contributed by atoms with Gasteiger partial charge in [-0.3, -0.25) is 0 Å². The van der Waals surface area contributed by atoms with E-state index < -0.39 is 0 Å². The maximum absolute atomic E-state index is 2.35. The molecule has 0 heteroatoms. The number of hydrogen-bond acceptors (Lipinski definition) is 0. The predicted octanol–water partition coefficient (Wildman–Crippen LogP) is 21.3. The minimum Gasteiger partial charge on any atom is -0.0776 e. The van der Waals surface area contributed by atoms with Gasteiger partial charge in [-0.05, 0) is 108 Å². The molecule has 0 bridgehead atoms. The van der Waals surface area contributed by atoms with E-state index in [0.29, 0.717) is 5.92 Å². The van der Waals surface area contributed by atoms with Crippen molar-refractivity contribution < 1.29 is 0 Å². The number of benzene rings is 1. The van der Waals surface area contributed by atoms with Crippen LogP contribution in [0.4, 0.5) is 0 Å². The zero-order valence-electron chi connectivity index (χ0n) is 40.2. The standard InChI is InChI=1S/C41H50.C5H12.C4H10.3C2H6.3CH4/c1-31(15-10-17-33(3)21-23-38-24-26-39(27-25-38)37(7)40-28-29-40)13-8-9-14-32(2)16-11-18-34(4)22-30-41-35(5)19-12-20-36(41)6;1-3-5-4-2;1-4(2)3;3*1-2;;;/h8-11,13-18,21-27,30,35H,12,19-20,28-29H2,1-7H3;3-5H2,1-2H3;4H,1-3H3;3*1-2H3;3*1H4/b9-8+,15-10+,16-11+,23-21+,30-22+,31-13+,32-14+,33-17+,34-18+;;;;;;;;. The molecule has 0 heterocycles. The Kier molecular flexibility index (Phi) is 51.7. The molecule has 3 rings (SSSR count). The number of allylic oxidation sites excluding steroid dienone is 21. The van der Waals surface area contributed by atoms with Gasteiger partial charge in [0.05, 0.1) is 0 Å². The first-order valence-corrected chi connectivity index (χ1v) is 22.4. The van der Waals surface area contributed by atoms with Crippen LogP contribution in [0, 0.1) is 11.8 Å². The highest BCUT2D eigenvalue weighted by atomic mass is 14.2. The fraction of sp³-hybridized carbons (Fsp3) is 0.525. The third-order valence-corrected chi connectivity index (χ3v) is 8.62. The molecule has 0 nitrogen and oxygen atoms in total. The maximum atomic E-state index is 2.35. The molecule has 1 aromatic rings. The molecular formula is C59H102. The highest BCUT2D eigenvalue weighted by molar-refractivity contribution is 5.70. The first kappa shape index (κ1) is 67.1. The van der Waals surface area contributed by atoms with Crippen molar-refractivity contribution in [2.75, 3.05) is 0 Å². The summed E-state index contributed by atoms with van der Waals surface area (Å²) in [4.78, 5) is 0. The second-order valence-electron chi connectivity index (χ2n) is 14.9. The lowest BCUT2D eigenvalue weighted by Crippen LogP contribution is -2.06. The van der Waals surface area contributed by atoms with Crippen molar-refractivity contribution in [3.63, 3.8) is 0 Å². The highest BCUT2D eigenvalue weighted by Gasteiger charge is 2.15. The lowest BCUT2D eigenvalue weighted by molar-refractivity contribution is 0.546. The van der Waals surface area contributed by atoms with E-state index in [1.165, 1.54) is 95.9 Å². The van der Waals surface area contributed by atoms with Gasteiger partial charge in [-0.25, -0.2) is 0 Å². The van der Waals surface area contributed by atoms with E-state index in [-0.39, 0.29) is 22.3 Å². The summed E-state index contributed by atoms with van der Waals surface area (Å²) in [5, 5.41) is 0. The number of unbranched alkanes of at least 4 members (excludes halogenated alkanes) is 2. The summed E-state index contributed by atoms with van der Waals surface area (Å²) in [6.07, 6.45) is 40.9. The van der Waals surface area contributed by atoms with Crippen LogP contribution in [-0.2, 0) is 0 Å². The van der Waals surface area contributed by atoms with E-state index in [2.05, 4.69) is 192 Å². The zero-order chi connectivity index (χ0) is 43.3. The fourth-order valence-electron chi connectivity index (χ4n) is 5.33. The molecule has 0 aliphatic heterocycles. The largest absolute Gasteiger partial charge is 0.0776 e. The van der Waals surface area contributed by atoms with Crippen molar-refractivity contribution in [2.45, 2.75) is 198 Å². The molecule has 1 saturated carbocycles. The molecule has 0 radical (unpaired) electrons. The van der Waals surface area contributed by atoms with E-state index in [0.717, 1.165) is 5.92 Å². The van der Waals surface area contributed by atoms with Crippen LogP contribution in [0.25, 0.3) is 11.6 Å². The predicted molar refractivity (Wildman–Crippen MR) is 285 cm³/mol. The summed E-state index contributed by atoms with van der Waals surface area (Å²) >= 11 is 0. The van der Waals surface area contributed by atoms with Gasteiger partial charge in [0.15, 0.2) is 0 Å². The van der Waals surface area contributed by atoms with Crippen LogP contribution in [-0.4, -0.2) is 0 Å². The molecule has 0 aromatic heterocycles. The highest BCUT2D eigenvalue weighted by Crippen LogP contribution is 2.36. The van der Waals surface area contributed by atoms with Crippen molar-refractivity contribution in [2.24, 2.45) is 11.8 Å². The minimum absolute atomic E-state index is 0. The van der Waals surface area contributed by atoms with Crippen LogP contribution >= 0.6 is 0 Å². The Morgan fingerprint density at radius 1 is 0.593 bits per heavy atom. The van der Waals surface area contributed by atoms with Crippen LogP contribution in [0.2, 0.25) is 0 Å². The average molecular weight is 811 g/mol. The molecule has 1 unspecified atom stereocenters. The van der Waals surface area contributed by atoms with E-state index in [1.54, 1.807) is 11.1 Å². The summed E-state index contributed by atoms with van der Waals surface area (Å²) in [5.41, 5.74) is 13.7. The molecular weight excluding hydrogens is 709 g/mol. The van der Waals surface area contributed by atoms with Crippen LogP contribution in [0.3, 0.4) is 0 Å². The molecule has 0 spiro atoms. The molecule has 338 valence electrons. The van der Waals surface area contributed by atoms with Gasteiger partial charge in [0.2, 0.25) is 0 Å². The van der Waals surface area contributed by atoms with Gasteiger partial charge >= 0.3 is 0 Å². The van der Waals surface area contributed by atoms with Gasteiger partial charge in [-0.2, -0.15) is 0 Å². The van der Waals surface area contributed by atoms with Gasteiger partial charge < -0.3 is 0 Å². The van der Waals surface area contributed by atoms with Crippen LogP contribution in [0.5, 0.6) is 0 Å². The summed E-state index contributed by atoms with van der Waals surface area (Å²) in [6.45, 7) is 38.4. The topological polar surface area (TPSA) is 0 Å². The fourth-order valence-corrected chi connectivity index (χ4v) is 5.33. The third kappa shape index (κ3) is 38.3. The van der Waals surface area contributed by atoms with E-state index >= 15 is 0 Å². The smallest absolute Gasteiger partial charge is 0.0191 e. The van der Waals surface area contributed by atoms with Crippen molar-refractivity contribution in [3.05, 3.63) is 153 Å². The Morgan fingerprint density at radius 2 is 0.983 bits per heavy atom. The molecule has 1 fully saturated rings. The van der Waals surface area contributed by atoms with Gasteiger partial charge in [0.1, 0.15) is 0 Å². The normalized spacial score (nSPS) is 15.4. The molecule has 2 aliphatic rings. The number of rotatable bonds is 13. The number of hydrogen-bond donors (Lipinski definition) is 0. The Bertz CT molecular complexity index is 1460. The van der Waals surface area contributed by atoms with Crippen molar-refractivity contribution in [1.29, 1.82) is 0 Å². The monoisotopic (exact) mass is 811 g/mol. The first-order valence-electron chi connectivity index (χ1n) is 22.4. The van der Waals surface area contributed by atoms with Crippen LogP contribution in [0.1, 0.15) is 209 Å². The Labute approximate surface area is 373 Å². The average Bonchev–Trinajstić information content (AvgIpc) is 4.04. The Balaban J connectivity index is -0.000000341.